The van der Waals surface area contributed by atoms with Gasteiger partial charge in [0.25, 0.3) is 0 Å². The Kier molecular flexibility index (Phi) is 3.53. The summed E-state index contributed by atoms with van der Waals surface area (Å²) >= 11 is 0. The molecule has 0 aliphatic heterocycles. The van der Waals surface area contributed by atoms with Gasteiger partial charge in [0.15, 0.2) is 0 Å². The van der Waals surface area contributed by atoms with E-state index in [4.69, 9.17) is 0 Å². The molecule has 0 spiro atoms. The topological polar surface area (TPSA) is 0 Å². The van der Waals surface area contributed by atoms with Crippen LogP contribution < -0.4 is 0 Å². The van der Waals surface area contributed by atoms with Crippen LogP contribution in [0.2, 0.25) is 0 Å². The maximum Gasteiger partial charge on any atom is 0.106 e. The second kappa shape index (κ2) is 3.55. The maximum absolute atomic E-state index is 13.3. The molecule has 11 heavy (non-hydrogen) atoms. The standard InChI is InChI=1S/C10H21F/c1-6-10(5,7-2)8-9(3,4)11/h6-8H2,1-5H3. The highest BCUT2D eigenvalue weighted by atomic mass is 19.1. The molecular weight excluding hydrogens is 139 g/mol. The fourth-order valence-corrected chi connectivity index (χ4v) is 1.51. The van der Waals surface area contributed by atoms with Crippen molar-refractivity contribution in [1.29, 1.82) is 0 Å². The maximum atomic E-state index is 13.3. The lowest BCUT2D eigenvalue weighted by molar-refractivity contribution is 0.111. The predicted molar refractivity (Wildman–Crippen MR) is 48.5 cm³/mol. The average molecular weight is 160 g/mol. The van der Waals surface area contributed by atoms with Gasteiger partial charge in [-0.15, -0.1) is 0 Å². The molecule has 0 N–H and O–H groups in total. The van der Waals surface area contributed by atoms with E-state index in [0.717, 1.165) is 12.8 Å². The normalized spacial score (nSPS) is 13.6. The molecule has 0 aromatic heterocycles. The first-order chi connectivity index (χ1) is 4.83. The third-order valence-corrected chi connectivity index (χ3v) is 2.55. The number of hydrogen-bond acceptors (Lipinski definition) is 0. The summed E-state index contributed by atoms with van der Waals surface area (Å²) < 4.78 is 13.3. The van der Waals surface area contributed by atoms with Gasteiger partial charge in [-0.3, -0.25) is 0 Å². The molecule has 1 heteroatoms. The van der Waals surface area contributed by atoms with Gasteiger partial charge < -0.3 is 0 Å². The van der Waals surface area contributed by atoms with Crippen LogP contribution in [-0.4, -0.2) is 5.67 Å². The Balaban J connectivity index is 4.08. The van der Waals surface area contributed by atoms with Gasteiger partial charge in [-0.05, 0) is 25.7 Å². The average Bonchev–Trinajstić information content (AvgIpc) is 1.84. The van der Waals surface area contributed by atoms with E-state index in [0.29, 0.717) is 6.42 Å². The highest BCUT2D eigenvalue weighted by Gasteiger charge is 2.29. The summed E-state index contributed by atoms with van der Waals surface area (Å²) in [5, 5.41) is 0. The van der Waals surface area contributed by atoms with Crippen molar-refractivity contribution in [2.24, 2.45) is 5.41 Å². The van der Waals surface area contributed by atoms with Crippen molar-refractivity contribution in [2.75, 3.05) is 0 Å². The molecule has 0 fully saturated rings. The molecule has 0 aromatic carbocycles. The first-order valence-corrected chi connectivity index (χ1v) is 4.52. The summed E-state index contributed by atoms with van der Waals surface area (Å²) in [4.78, 5) is 0. The molecule has 0 saturated heterocycles. The van der Waals surface area contributed by atoms with Gasteiger partial charge in [0.05, 0.1) is 0 Å². The SMILES string of the molecule is CCC(C)(CC)CC(C)(C)F. The largest absolute Gasteiger partial charge is 0.244 e. The summed E-state index contributed by atoms with van der Waals surface area (Å²) in [6.45, 7) is 9.76. The van der Waals surface area contributed by atoms with E-state index in [1.165, 1.54) is 0 Å². The number of alkyl halides is 1. The Labute approximate surface area is 70.2 Å². The summed E-state index contributed by atoms with van der Waals surface area (Å²) in [5.74, 6) is 0. The van der Waals surface area contributed by atoms with Gasteiger partial charge in [0.2, 0.25) is 0 Å². The Bertz CT molecular complexity index is 107. The van der Waals surface area contributed by atoms with Crippen molar-refractivity contribution >= 4 is 0 Å². The lowest BCUT2D eigenvalue weighted by Crippen LogP contribution is -2.25. The highest BCUT2D eigenvalue weighted by Crippen LogP contribution is 2.36. The molecule has 0 aliphatic rings. The third-order valence-electron chi connectivity index (χ3n) is 2.55. The minimum Gasteiger partial charge on any atom is -0.244 e. The molecule has 0 radical (unpaired) electrons. The summed E-state index contributed by atoms with van der Waals surface area (Å²) in [7, 11) is 0. The first kappa shape index (κ1) is 10.9. The Morgan fingerprint density at radius 1 is 1.00 bits per heavy atom. The van der Waals surface area contributed by atoms with Crippen LogP contribution in [0.5, 0.6) is 0 Å². The Morgan fingerprint density at radius 2 is 1.36 bits per heavy atom. The summed E-state index contributed by atoms with van der Waals surface area (Å²) in [5.41, 5.74) is -0.820. The van der Waals surface area contributed by atoms with Crippen LogP contribution in [0.25, 0.3) is 0 Å². The van der Waals surface area contributed by atoms with E-state index in [-0.39, 0.29) is 5.41 Å². The van der Waals surface area contributed by atoms with E-state index in [1.54, 1.807) is 13.8 Å². The monoisotopic (exact) mass is 160 g/mol. The number of rotatable bonds is 4. The fourth-order valence-electron chi connectivity index (χ4n) is 1.51. The molecule has 0 amide bonds. The minimum atomic E-state index is -1.01. The zero-order valence-electron chi connectivity index (χ0n) is 8.50. The van der Waals surface area contributed by atoms with E-state index >= 15 is 0 Å². The smallest absolute Gasteiger partial charge is 0.106 e. The second-order valence-electron chi connectivity index (χ2n) is 4.41. The van der Waals surface area contributed by atoms with E-state index in [1.807, 2.05) is 0 Å². The predicted octanol–water partition coefficient (Wildman–Crippen LogP) is 3.95. The van der Waals surface area contributed by atoms with Gasteiger partial charge in [0.1, 0.15) is 5.67 Å². The van der Waals surface area contributed by atoms with Crippen molar-refractivity contribution in [1.82, 2.24) is 0 Å². The quantitative estimate of drug-likeness (QED) is 0.584. The van der Waals surface area contributed by atoms with Crippen LogP contribution in [0.3, 0.4) is 0 Å². The zero-order valence-corrected chi connectivity index (χ0v) is 8.50. The highest BCUT2D eigenvalue weighted by molar-refractivity contribution is 4.80. The van der Waals surface area contributed by atoms with Gasteiger partial charge in [-0.1, -0.05) is 33.6 Å². The molecule has 0 saturated carbocycles. The van der Waals surface area contributed by atoms with Gasteiger partial charge in [-0.2, -0.15) is 0 Å². The van der Waals surface area contributed by atoms with Crippen molar-refractivity contribution < 1.29 is 4.39 Å². The molecule has 0 atom stereocenters. The van der Waals surface area contributed by atoms with Gasteiger partial charge in [-0.25, -0.2) is 4.39 Å². The van der Waals surface area contributed by atoms with Crippen molar-refractivity contribution in [2.45, 2.75) is 59.5 Å². The molecule has 0 bridgehead atoms. The number of hydrogen-bond donors (Lipinski definition) is 0. The van der Waals surface area contributed by atoms with Crippen LogP contribution in [-0.2, 0) is 0 Å². The molecule has 0 rings (SSSR count). The van der Waals surface area contributed by atoms with Crippen LogP contribution in [0.1, 0.15) is 53.9 Å². The second-order valence-corrected chi connectivity index (χ2v) is 4.41. The molecule has 0 nitrogen and oxygen atoms in total. The van der Waals surface area contributed by atoms with Gasteiger partial charge >= 0.3 is 0 Å². The van der Waals surface area contributed by atoms with Crippen molar-refractivity contribution in [3.05, 3.63) is 0 Å². The lowest BCUT2D eigenvalue weighted by Gasteiger charge is -2.31. The van der Waals surface area contributed by atoms with Gasteiger partial charge in [0, 0.05) is 0 Å². The molecule has 0 aliphatic carbocycles. The third kappa shape index (κ3) is 4.39. The van der Waals surface area contributed by atoms with Crippen LogP contribution in [0, 0.1) is 5.41 Å². The van der Waals surface area contributed by atoms with Crippen molar-refractivity contribution in [3.63, 3.8) is 0 Å². The molecule has 0 heterocycles. The van der Waals surface area contributed by atoms with Crippen LogP contribution in [0.4, 0.5) is 4.39 Å². The van der Waals surface area contributed by atoms with E-state index in [2.05, 4.69) is 20.8 Å². The summed E-state index contributed by atoms with van der Waals surface area (Å²) in [6, 6.07) is 0. The van der Waals surface area contributed by atoms with E-state index < -0.39 is 5.67 Å². The molecular formula is C10H21F. The molecule has 0 unspecified atom stereocenters. The van der Waals surface area contributed by atoms with E-state index in [9.17, 15) is 4.39 Å². The molecule has 68 valence electrons. The number of halogens is 1. The van der Waals surface area contributed by atoms with Crippen molar-refractivity contribution in [3.8, 4) is 0 Å². The zero-order chi connectivity index (χ0) is 9.12. The van der Waals surface area contributed by atoms with Crippen LogP contribution in [0.15, 0.2) is 0 Å². The van der Waals surface area contributed by atoms with Crippen LogP contribution >= 0.6 is 0 Å². The minimum absolute atomic E-state index is 0.193. The Morgan fingerprint density at radius 3 is 1.45 bits per heavy atom. The Hall–Kier alpha value is -0.0700. The lowest BCUT2D eigenvalue weighted by atomic mass is 9.77. The summed E-state index contributed by atoms with van der Waals surface area (Å²) in [6.07, 6.45) is 2.81. The first-order valence-electron chi connectivity index (χ1n) is 4.52. The molecule has 0 aromatic rings. The fraction of sp³-hybridized carbons (Fsp3) is 1.00.